The van der Waals surface area contributed by atoms with Gasteiger partial charge in [-0.15, -0.1) is 0 Å². The van der Waals surface area contributed by atoms with Crippen LogP contribution in [0.2, 0.25) is 0 Å². The van der Waals surface area contributed by atoms with Crippen molar-refractivity contribution in [1.82, 2.24) is 10.7 Å². The average molecular weight is 415 g/mol. The second-order valence-corrected chi connectivity index (χ2v) is 6.87. The lowest BCUT2D eigenvalue weighted by atomic mass is 10.2. The lowest BCUT2D eigenvalue weighted by Gasteiger charge is -2.09. The molecule has 0 aliphatic rings. The van der Waals surface area contributed by atoms with E-state index in [0.717, 1.165) is 16.7 Å². The molecule has 2 amide bonds. The van der Waals surface area contributed by atoms with Gasteiger partial charge < -0.3 is 10.1 Å². The molecule has 0 spiro atoms. The first-order valence-electron chi connectivity index (χ1n) is 10.1. The van der Waals surface area contributed by atoms with Gasteiger partial charge in [0.2, 0.25) is 11.8 Å². The first-order chi connectivity index (χ1) is 15.2. The fourth-order valence-electron chi connectivity index (χ4n) is 2.80. The first kappa shape index (κ1) is 21.8. The number of rotatable bonds is 10. The molecule has 6 heteroatoms. The molecule has 3 aromatic carbocycles. The van der Waals surface area contributed by atoms with Crippen molar-refractivity contribution in [3.05, 3.63) is 102 Å². The zero-order valence-electron chi connectivity index (χ0n) is 17.2. The molecule has 0 unspecified atom stereocenters. The van der Waals surface area contributed by atoms with Crippen LogP contribution in [0.4, 0.5) is 0 Å². The summed E-state index contributed by atoms with van der Waals surface area (Å²) in [6.07, 6.45) is 1.70. The zero-order chi connectivity index (χ0) is 21.7. The SMILES string of the molecule is O=C(CCC(=O)N/N=C/c1ccccc1OCc1ccccc1)NCc1ccccc1. The molecule has 3 rings (SSSR count). The van der Waals surface area contributed by atoms with Crippen molar-refractivity contribution in [3.8, 4) is 5.75 Å². The van der Waals surface area contributed by atoms with E-state index in [2.05, 4.69) is 15.8 Å². The quantitative estimate of drug-likeness (QED) is 0.390. The third kappa shape index (κ3) is 7.78. The van der Waals surface area contributed by atoms with Gasteiger partial charge in [0.25, 0.3) is 0 Å². The molecule has 0 radical (unpaired) electrons. The smallest absolute Gasteiger partial charge is 0.240 e. The molecule has 0 atom stereocenters. The van der Waals surface area contributed by atoms with E-state index in [-0.39, 0.29) is 24.7 Å². The number of nitrogens with zero attached hydrogens (tertiary/aromatic N) is 1. The Bertz CT molecular complexity index is 1000. The molecule has 6 nitrogen and oxygen atoms in total. The summed E-state index contributed by atoms with van der Waals surface area (Å²) in [5, 5.41) is 6.79. The maximum Gasteiger partial charge on any atom is 0.240 e. The summed E-state index contributed by atoms with van der Waals surface area (Å²) >= 11 is 0. The van der Waals surface area contributed by atoms with E-state index >= 15 is 0 Å². The number of nitrogens with one attached hydrogen (secondary N) is 2. The maximum atomic E-state index is 12.0. The van der Waals surface area contributed by atoms with Gasteiger partial charge in [0.15, 0.2) is 0 Å². The van der Waals surface area contributed by atoms with Crippen LogP contribution in [0.15, 0.2) is 90.0 Å². The molecule has 0 saturated heterocycles. The van der Waals surface area contributed by atoms with E-state index in [1.807, 2.05) is 84.9 Å². The molecule has 0 aromatic heterocycles. The minimum Gasteiger partial charge on any atom is -0.488 e. The Morgan fingerprint density at radius 1 is 0.774 bits per heavy atom. The molecular weight excluding hydrogens is 390 g/mol. The summed E-state index contributed by atoms with van der Waals surface area (Å²) in [6.45, 7) is 0.884. The van der Waals surface area contributed by atoms with Crippen molar-refractivity contribution in [1.29, 1.82) is 0 Å². The molecule has 0 bridgehead atoms. The number of carbonyl (C=O) groups is 2. The molecule has 2 N–H and O–H groups in total. The number of hydrogen-bond donors (Lipinski definition) is 2. The highest BCUT2D eigenvalue weighted by Gasteiger charge is 2.06. The summed E-state index contributed by atoms with van der Waals surface area (Å²) < 4.78 is 5.87. The Labute approximate surface area is 182 Å². The summed E-state index contributed by atoms with van der Waals surface area (Å²) in [4.78, 5) is 23.9. The fraction of sp³-hybridized carbons (Fsp3) is 0.160. The number of benzene rings is 3. The summed E-state index contributed by atoms with van der Waals surface area (Å²) in [6, 6.07) is 26.9. The molecule has 3 aromatic rings. The van der Waals surface area contributed by atoms with Crippen molar-refractivity contribution in [2.45, 2.75) is 26.0 Å². The van der Waals surface area contributed by atoms with Crippen LogP contribution in [0.5, 0.6) is 5.75 Å². The highest BCUT2D eigenvalue weighted by Crippen LogP contribution is 2.17. The lowest BCUT2D eigenvalue weighted by molar-refractivity contribution is -0.126. The van der Waals surface area contributed by atoms with Crippen LogP contribution in [0.3, 0.4) is 0 Å². The standard InChI is InChI=1S/C25H25N3O3/c29-24(26-17-20-9-3-1-4-10-20)15-16-25(30)28-27-18-22-13-7-8-14-23(22)31-19-21-11-5-2-6-12-21/h1-14,18H,15-17,19H2,(H,26,29)(H,28,30)/b27-18+. The minimum atomic E-state index is -0.325. The van der Waals surface area contributed by atoms with Crippen molar-refractivity contribution in [2.75, 3.05) is 0 Å². The number of carbonyl (C=O) groups excluding carboxylic acids is 2. The van der Waals surface area contributed by atoms with Gasteiger partial charge in [0.05, 0.1) is 6.21 Å². The number of amides is 2. The van der Waals surface area contributed by atoms with E-state index in [1.165, 1.54) is 6.21 Å². The van der Waals surface area contributed by atoms with E-state index in [0.29, 0.717) is 18.9 Å². The largest absolute Gasteiger partial charge is 0.488 e. The number of ether oxygens (including phenoxy) is 1. The normalized spacial score (nSPS) is 10.6. The van der Waals surface area contributed by atoms with Gasteiger partial charge in [-0.1, -0.05) is 72.8 Å². The summed E-state index contributed by atoms with van der Waals surface area (Å²) in [5.41, 5.74) is 5.28. The second kappa shape index (κ2) is 11.9. The molecular formula is C25H25N3O3. The Morgan fingerprint density at radius 3 is 2.13 bits per heavy atom. The van der Waals surface area contributed by atoms with Crippen LogP contribution >= 0.6 is 0 Å². The minimum absolute atomic E-state index is 0.0596. The van der Waals surface area contributed by atoms with Gasteiger partial charge in [-0.05, 0) is 23.3 Å². The van der Waals surface area contributed by atoms with Crippen LogP contribution in [-0.4, -0.2) is 18.0 Å². The van der Waals surface area contributed by atoms with Crippen LogP contribution in [0.25, 0.3) is 0 Å². The lowest BCUT2D eigenvalue weighted by Crippen LogP contribution is -2.25. The molecule has 0 saturated carbocycles. The Morgan fingerprint density at radius 2 is 1.39 bits per heavy atom. The number of hydrogen-bond acceptors (Lipinski definition) is 4. The third-order valence-electron chi connectivity index (χ3n) is 4.46. The number of hydrazone groups is 1. The average Bonchev–Trinajstić information content (AvgIpc) is 2.82. The van der Waals surface area contributed by atoms with Crippen molar-refractivity contribution >= 4 is 18.0 Å². The Hall–Kier alpha value is -3.93. The monoisotopic (exact) mass is 415 g/mol. The van der Waals surface area contributed by atoms with Crippen LogP contribution in [0, 0.1) is 0 Å². The Kier molecular flexibility index (Phi) is 8.37. The van der Waals surface area contributed by atoms with E-state index in [1.54, 1.807) is 0 Å². The maximum absolute atomic E-state index is 12.0. The zero-order valence-corrected chi connectivity index (χ0v) is 17.2. The summed E-state index contributed by atoms with van der Waals surface area (Å²) in [7, 11) is 0. The van der Waals surface area contributed by atoms with Gasteiger partial charge in [-0.2, -0.15) is 5.10 Å². The molecule has 0 aliphatic carbocycles. The van der Waals surface area contributed by atoms with Crippen LogP contribution in [-0.2, 0) is 22.7 Å². The second-order valence-electron chi connectivity index (χ2n) is 6.87. The molecule has 158 valence electrons. The van der Waals surface area contributed by atoms with E-state index in [9.17, 15) is 9.59 Å². The molecule has 31 heavy (non-hydrogen) atoms. The fourth-order valence-corrected chi connectivity index (χ4v) is 2.80. The third-order valence-corrected chi connectivity index (χ3v) is 4.46. The molecule has 0 heterocycles. The van der Waals surface area contributed by atoms with E-state index < -0.39 is 0 Å². The van der Waals surface area contributed by atoms with Gasteiger partial charge in [0.1, 0.15) is 12.4 Å². The number of para-hydroxylation sites is 1. The van der Waals surface area contributed by atoms with Gasteiger partial charge in [-0.3, -0.25) is 9.59 Å². The van der Waals surface area contributed by atoms with Gasteiger partial charge >= 0.3 is 0 Å². The van der Waals surface area contributed by atoms with Crippen LogP contribution < -0.4 is 15.5 Å². The van der Waals surface area contributed by atoms with E-state index in [4.69, 9.17) is 4.74 Å². The topological polar surface area (TPSA) is 79.8 Å². The highest BCUT2D eigenvalue weighted by atomic mass is 16.5. The predicted molar refractivity (Wildman–Crippen MR) is 120 cm³/mol. The molecule has 0 fully saturated rings. The van der Waals surface area contributed by atoms with Gasteiger partial charge in [-0.25, -0.2) is 5.43 Å². The van der Waals surface area contributed by atoms with Crippen molar-refractivity contribution < 1.29 is 14.3 Å². The first-order valence-corrected chi connectivity index (χ1v) is 10.1. The van der Waals surface area contributed by atoms with Crippen molar-refractivity contribution in [3.63, 3.8) is 0 Å². The van der Waals surface area contributed by atoms with Crippen LogP contribution in [0.1, 0.15) is 29.5 Å². The molecule has 0 aliphatic heterocycles. The summed E-state index contributed by atoms with van der Waals surface area (Å²) in [5.74, 6) is 0.168. The van der Waals surface area contributed by atoms with Gasteiger partial charge in [0, 0.05) is 24.9 Å². The highest BCUT2D eigenvalue weighted by molar-refractivity contribution is 5.86. The Balaban J connectivity index is 1.41. The predicted octanol–water partition coefficient (Wildman–Crippen LogP) is 3.81. The van der Waals surface area contributed by atoms with Crippen molar-refractivity contribution in [2.24, 2.45) is 5.10 Å².